The number of nitrogens with one attached hydrogen (secondary N) is 2. The van der Waals surface area contributed by atoms with Gasteiger partial charge in [-0.05, 0) is 37.3 Å². The molecule has 134 valence electrons. The van der Waals surface area contributed by atoms with Crippen LogP contribution in [0.15, 0.2) is 42.5 Å². The van der Waals surface area contributed by atoms with Crippen LogP contribution in [0.1, 0.15) is 11.4 Å². The first kappa shape index (κ1) is 17.5. The second kappa shape index (κ2) is 7.69. The topological polar surface area (TPSA) is 89.1 Å². The normalized spacial score (nSPS) is 10.4. The average molecular weight is 352 g/mol. The SMILES string of the molecule is COc1ccc(OC)c(CC(=O)Nc2cccc(-c3n[nH]c(C)n3)c2)c1. The lowest BCUT2D eigenvalue weighted by atomic mass is 10.1. The van der Waals surface area contributed by atoms with Gasteiger partial charge in [0.2, 0.25) is 5.91 Å². The van der Waals surface area contributed by atoms with Crippen molar-refractivity contribution < 1.29 is 14.3 Å². The van der Waals surface area contributed by atoms with Gasteiger partial charge in [-0.15, -0.1) is 0 Å². The number of nitrogens with zero attached hydrogens (tertiary/aromatic N) is 2. The number of aromatic nitrogens is 3. The predicted molar refractivity (Wildman–Crippen MR) is 98.4 cm³/mol. The van der Waals surface area contributed by atoms with Gasteiger partial charge in [-0.2, -0.15) is 5.10 Å². The van der Waals surface area contributed by atoms with Gasteiger partial charge in [0.1, 0.15) is 17.3 Å². The second-order valence-corrected chi connectivity index (χ2v) is 5.73. The van der Waals surface area contributed by atoms with E-state index in [1.165, 1.54) is 0 Å². The Morgan fingerprint density at radius 3 is 2.69 bits per heavy atom. The van der Waals surface area contributed by atoms with Crippen molar-refractivity contribution in [3.05, 3.63) is 53.9 Å². The molecule has 1 heterocycles. The lowest BCUT2D eigenvalue weighted by Gasteiger charge is -2.11. The molecule has 7 nitrogen and oxygen atoms in total. The average Bonchev–Trinajstić information content (AvgIpc) is 3.08. The smallest absolute Gasteiger partial charge is 0.228 e. The summed E-state index contributed by atoms with van der Waals surface area (Å²) in [4.78, 5) is 16.8. The van der Waals surface area contributed by atoms with Crippen LogP contribution in [-0.4, -0.2) is 35.3 Å². The molecule has 0 saturated carbocycles. The minimum atomic E-state index is -0.153. The molecule has 0 bridgehead atoms. The summed E-state index contributed by atoms with van der Waals surface area (Å²) in [5, 5.41) is 9.84. The number of hydrogen-bond acceptors (Lipinski definition) is 5. The van der Waals surface area contributed by atoms with Crippen LogP contribution in [0.4, 0.5) is 5.69 Å². The predicted octanol–water partition coefficient (Wildman–Crippen LogP) is 2.98. The molecule has 3 aromatic rings. The van der Waals surface area contributed by atoms with E-state index in [4.69, 9.17) is 9.47 Å². The van der Waals surface area contributed by atoms with Gasteiger partial charge in [0.25, 0.3) is 0 Å². The minimum Gasteiger partial charge on any atom is -0.497 e. The summed E-state index contributed by atoms with van der Waals surface area (Å²) in [5.41, 5.74) is 2.26. The van der Waals surface area contributed by atoms with Gasteiger partial charge in [0.15, 0.2) is 5.82 Å². The van der Waals surface area contributed by atoms with Crippen molar-refractivity contribution in [1.29, 1.82) is 0 Å². The number of methoxy groups -OCH3 is 2. The number of rotatable bonds is 6. The molecule has 3 rings (SSSR count). The molecular formula is C19H20N4O3. The first-order chi connectivity index (χ1) is 12.6. The quantitative estimate of drug-likeness (QED) is 0.712. The summed E-state index contributed by atoms with van der Waals surface area (Å²) in [5.74, 6) is 2.49. The lowest BCUT2D eigenvalue weighted by Crippen LogP contribution is -2.15. The van der Waals surface area contributed by atoms with E-state index < -0.39 is 0 Å². The van der Waals surface area contributed by atoms with E-state index >= 15 is 0 Å². The van der Waals surface area contributed by atoms with Gasteiger partial charge >= 0.3 is 0 Å². The fourth-order valence-electron chi connectivity index (χ4n) is 2.61. The molecule has 0 aliphatic rings. The first-order valence-electron chi connectivity index (χ1n) is 8.09. The highest BCUT2D eigenvalue weighted by molar-refractivity contribution is 5.93. The van der Waals surface area contributed by atoms with E-state index in [-0.39, 0.29) is 12.3 Å². The summed E-state index contributed by atoms with van der Waals surface area (Å²) >= 11 is 0. The number of aryl methyl sites for hydroxylation is 1. The van der Waals surface area contributed by atoms with Crippen molar-refractivity contribution in [2.24, 2.45) is 0 Å². The summed E-state index contributed by atoms with van der Waals surface area (Å²) in [6.07, 6.45) is 0.171. The van der Waals surface area contributed by atoms with Crippen LogP contribution in [0, 0.1) is 6.92 Å². The molecule has 7 heteroatoms. The molecule has 0 spiro atoms. The van der Waals surface area contributed by atoms with Crippen LogP contribution in [0.25, 0.3) is 11.4 Å². The minimum absolute atomic E-state index is 0.153. The van der Waals surface area contributed by atoms with E-state index in [2.05, 4.69) is 20.5 Å². The maximum atomic E-state index is 12.5. The summed E-state index contributed by atoms with van der Waals surface area (Å²) < 4.78 is 10.5. The Bertz CT molecular complexity index is 921. The Hall–Kier alpha value is -3.35. The van der Waals surface area contributed by atoms with E-state index in [1.807, 2.05) is 31.2 Å². The van der Waals surface area contributed by atoms with E-state index in [1.54, 1.807) is 32.4 Å². The lowest BCUT2D eigenvalue weighted by molar-refractivity contribution is -0.115. The monoisotopic (exact) mass is 352 g/mol. The van der Waals surface area contributed by atoms with Crippen LogP contribution in [-0.2, 0) is 11.2 Å². The molecule has 0 saturated heterocycles. The molecule has 0 fully saturated rings. The van der Waals surface area contributed by atoms with Gasteiger partial charge in [-0.1, -0.05) is 12.1 Å². The van der Waals surface area contributed by atoms with Crippen molar-refractivity contribution in [1.82, 2.24) is 15.2 Å². The third kappa shape index (κ3) is 4.00. The van der Waals surface area contributed by atoms with Crippen molar-refractivity contribution >= 4 is 11.6 Å². The van der Waals surface area contributed by atoms with E-state index in [0.717, 1.165) is 17.0 Å². The van der Waals surface area contributed by atoms with Gasteiger partial charge < -0.3 is 14.8 Å². The van der Waals surface area contributed by atoms with Crippen LogP contribution in [0.5, 0.6) is 11.5 Å². The highest BCUT2D eigenvalue weighted by Crippen LogP contribution is 2.25. The summed E-state index contributed by atoms with van der Waals surface area (Å²) in [6.45, 7) is 1.84. The van der Waals surface area contributed by atoms with E-state index in [0.29, 0.717) is 23.0 Å². The molecule has 0 radical (unpaired) electrons. The standard InChI is InChI=1S/C19H20N4O3/c1-12-20-19(23-22-12)13-5-4-6-15(9-13)21-18(24)11-14-10-16(25-2)7-8-17(14)26-3/h4-10H,11H2,1-3H3,(H,21,24)(H,20,22,23). The third-order valence-electron chi connectivity index (χ3n) is 3.84. The Labute approximate surface area is 151 Å². The van der Waals surface area contributed by atoms with E-state index in [9.17, 15) is 4.79 Å². The molecule has 0 unspecified atom stereocenters. The zero-order valence-corrected chi connectivity index (χ0v) is 14.9. The molecule has 26 heavy (non-hydrogen) atoms. The number of benzene rings is 2. The van der Waals surface area contributed by atoms with Gasteiger partial charge in [0, 0.05) is 16.8 Å². The maximum Gasteiger partial charge on any atom is 0.228 e. The highest BCUT2D eigenvalue weighted by Gasteiger charge is 2.11. The fraction of sp³-hybridized carbons (Fsp3) is 0.211. The Morgan fingerprint density at radius 1 is 1.15 bits per heavy atom. The summed E-state index contributed by atoms with van der Waals surface area (Å²) in [7, 11) is 3.16. The zero-order chi connectivity index (χ0) is 18.5. The Morgan fingerprint density at radius 2 is 2.00 bits per heavy atom. The van der Waals surface area contributed by atoms with Crippen LogP contribution < -0.4 is 14.8 Å². The zero-order valence-electron chi connectivity index (χ0n) is 14.9. The number of amides is 1. The molecule has 0 aliphatic carbocycles. The number of aromatic amines is 1. The van der Waals surface area contributed by atoms with Crippen LogP contribution in [0.2, 0.25) is 0 Å². The van der Waals surface area contributed by atoms with Gasteiger partial charge in [0.05, 0.1) is 20.6 Å². The molecule has 0 atom stereocenters. The number of carbonyl (C=O) groups excluding carboxylic acids is 1. The second-order valence-electron chi connectivity index (χ2n) is 5.73. The Balaban J connectivity index is 1.75. The maximum absolute atomic E-state index is 12.5. The molecule has 2 aromatic carbocycles. The van der Waals surface area contributed by atoms with Crippen molar-refractivity contribution in [3.63, 3.8) is 0 Å². The van der Waals surface area contributed by atoms with Gasteiger partial charge in [-0.25, -0.2) is 4.98 Å². The molecular weight excluding hydrogens is 332 g/mol. The Kier molecular flexibility index (Phi) is 5.17. The van der Waals surface area contributed by atoms with Crippen molar-refractivity contribution in [3.8, 4) is 22.9 Å². The summed E-state index contributed by atoms with van der Waals surface area (Å²) in [6, 6.07) is 12.8. The number of anilines is 1. The molecule has 0 aliphatic heterocycles. The number of ether oxygens (including phenoxy) is 2. The van der Waals surface area contributed by atoms with Crippen LogP contribution in [0.3, 0.4) is 0 Å². The fourth-order valence-corrected chi connectivity index (χ4v) is 2.61. The van der Waals surface area contributed by atoms with Crippen molar-refractivity contribution in [2.75, 3.05) is 19.5 Å². The highest BCUT2D eigenvalue weighted by atomic mass is 16.5. The molecule has 1 amide bonds. The number of H-pyrrole nitrogens is 1. The number of hydrogen-bond donors (Lipinski definition) is 2. The van der Waals surface area contributed by atoms with Gasteiger partial charge in [-0.3, -0.25) is 9.89 Å². The molecule has 1 aromatic heterocycles. The molecule has 2 N–H and O–H groups in total. The third-order valence-corrected chi connectivity index (χ3v) is 3.84. The number of carbonyl (C=O) groups is 1. The largest absolute Gasteiger partial charge is 0.497 e. The first-order valence-corrected chi connectivity index (χ1v) is 8.09. The van der Waals surface area contributed by atoms with Crippen molar-refractivity contribution in [2.45, 2.75) is 13.3 Å². The van der Waals surface area contributed by atoms with Crippen LogP contribution >= 0.6 is 0 Å².